The molecular weight excluding hydrogens is 883 g/mol. The summed E-state index contributed by atoms with van der Waals surface area (Å²) in [5.41, 5.74) is 1.34. The summed E-state index contributed by atoms with van der Waals surface area (Å²) in [5.74, 6) is -0.794. The van der Waals surface area contributed by atoms with E-state index in [1.807, 2.05) is 97.1 Å². The Bertz CT molecular complexity index is 2910. The molecule has 0 unspecified atom stereocenters. The average molecular weight is 925 g/mol. The van der Waals surface area contributed by atoms with Gasteiger partial charge in [-0.15, -0.1) is 0 Å². The summed E-state index contributed by atoms with van der Waals surface area (Å²) in [6.07, 6.45) is 0. The molecule has 0 aliphatic rings. The van der Waals surface area contributed by atoms with E-state index in [2.05, 4.69) is 79.8 Å². The predicted octanol–water partition coefficient (Wildman–Crippen LogP) is 9.00. The summed E-state index contributed by atoms with van der Waals surface area (Å²) in [7, 11) is -1.64. The standard InChI is InChI=1S/C56H42N6O4P2/c63-53(39-30-34-47(35-31-39)67(43-18-5-1-6-19-43)44-20-7-2-8-21-44)59-49-26-14-28-51(57-49)61-55(65)41-16-13-17-42(38-41)56(66)62-52-29-15-27-50(58-52)60-54(64)40-32-36-48(37-33-40)68(45-22-9-3-10-23-45)46-24-11-4-12-25-46/h1-38H,(H2,57,59,61,63,65)(H2,58,60,62,64,66). The lowest BCUT2D eigenvalue weighted by Gasteiger charge is -2.19. The van der Waals surface area contributed by atoms with Crippen molar-refractivity contribution < 1.29 is 19.2 Å². The first kappa shape index (κ1) is 44.8. The SMILES string of the molecule is O=C(Nc1cccc(NC(=O)c2cccc(C(=O)Nc3cccc(NC(=O)c4ccc(P(c5ccccc5)c5ccccc5)cc4)n3)c2)n1)c1ccc(P(c2ccccc2)c2ccccc2)cc1. The van der Waals surface area contributed by atoms with Gasteiger partial charge in [0.25, 0.3) is 23.6 Å². The molecule has 2 heterocycles. The van der Waals surface area contributed by atoms with E-state index in [-0.39, 0.29) is 46.2 Å². The van der Waals surface area contributed by atoms with Crippen LogP contribution in [0.2, 0.25) is 0 Å². The number of aromatic nitrogens is 2. The van der Waals surface area contributed by atoms with Gasteiger partial charge < -0.3 is 21.3 Å². The molecule has 0 saturated carbocycles. The molecule has 68 heavy (non-hydrogen) atoms. The number of hydrogen-bond donors (Lipinski definition) is 4. The normalized spacial score (nSPS) is 10.9. The molecule has 0 spiro atoms. The molecule has 330 valence electrons. The summed E-state index contributed by atoms with van der Waals surface area (Å²) >= 11 is 0. The first-order valence-corrected chi connectivity index (χ1v) is 24.3. The molecule has 4 amide bonds. The zero-order valence-electron chi connectivity index (χ0n) is 36.4. The molecule has 0 saturated heterocycles. The summed E-state index contributed by atoms with van der Waals surface area (Å²) in [4.78, 5) is 62.5. The van der Waals surface area contributed by atoms with E-state index in [4.69, 9.17) is 0 Å². The van der Waals surface area contributed by atoms with Crippen LogP contribution in [-0.2, 0) is 0 Å². The highest BCUT2D eigenvalue weighted by molar-refractivity contribution is 7.80. The fraction of sp³-hybridized carbons (Fsp3) is 0. The molecule has 0 atom stereocenters. The molecule has 0 fully saturated rings. The van der Waals surface area contributed by atoms with E-state index >= 15 is 0 Å². The van der Waals surface area contributed by atoms with Gasteiger partial charge >= 0.3 is 0 Å². The van der Waals surface area contributed by atoms with Crippen molar-refractivity contribution in [2.45, 2.75) is 0 Å². The third kappa shape index (κ3) is 11.0. The predicted molar refractivity (Wildman–Crippen MR) is 277 cm³/mol. The number of carbonyl (C=O) groups is 4. The maximum atomic E-state index is 13.4. The molecule has 2 aromatic heterocycles. The van der Waals surface area contributed by atoms with E-state index in [0.29, 0.717) is 11.1 Å². The number of anilines is 4. The zero-order chi connectivity index (χ0) is 46.7. The van der Waals surface area contributed by atoms with E-state index in [9.17, 15) is 19.2 Å². The molecule has 4 N–H and O–H groups in total. The van der Waals surface area contributed by atoms with Crippen molar-refractivity contribution >= 4 is 94.6 Å². The summed E-state index contributed by atoms with van der Waals surface area (Å²) in [6, 6.07) is 72.6. The summed E-state index contributed by atoms with van der Waals surface area (Å²) in [5, 5.41) is 18.2. The highest BCUT2D eigenvalue weighted by Crippen LogP contribution is 2.34. The number of nitrogens with one attached hydrogen (secondary N) is 4. The number of amides is 4. The van der Waals surface area contributed by atoms with Crippen molar-refractivity contribution in [3.8, 4) is 0 Å². The lowest BCUT2D eigenvalue weighted by atomic mass is 10.1. The van der Waals surface area contributed by atoms with Crippen LogP contribution in [0.3, 0.4) is 0 Å². The molecule has 0 radical (unpaired) electrons. The van der Waals surface area contributed by atoms with E-state index in [0.717, 1.165) is 10.6 Å². The van der Waals surface area contributed by atoms with Crippen molar-refractivity contribution in [1.29, 1.82) is 0 Å². The van der Waals surface area contributed by atoms with Crippen LogP contribution in [-0.4, -0.2) is 33.6 Å². The minimum atomic E-state index is -0.820. The van der Waals surface area contributed by atoms with Crippen LogP contribution in [0.25, 0.3) is 0 Å². The smallest absolute Gasteiger partial charge is 0.256 e. The summed E-state index contributed by atoms with van der Waals surface area (Å²) in [6.45, 7) is 0. The lowest BCUT2D eigenvalue weighted by Crippen LogP contribution is -2.21. The number of hydrogen-bond acceptors (Lipinski definition) is 6. The van der Waals surface area contributed by atoms with Gasteiger partial charge in [-0.25, -0.2) is 9.97 Å². The Labute approximate surface area is 396 Å². The molecule has 0 bridgehead atoms. The second kappa shape index (κ2) is 21.3. The van der Waals surface area contributed by atoms with E-state index in [1.54, 1.807) is 78.9 Å². The van der Waals surface area contributed by atoms with Crippen LogP contribution in [0, 0.1) is 0 Å². The Kier molecular flexibility index (Phi) is 14.0. The number of benzene rings is 7. The Morgan fingerprint density at radius 3 is 0.809 bits per heavy atom. The maximum Gasteiger partial charge on any atom is 0.256 e. The average Bonchev–Trinajstić information content (AvgIpc) is 3.38. The maximum absolute atomic E-state index is 13.4. The van der Waals surface area contributed by atoms with E-state index < -0.39 is 27.7 Å². The molecular formula is C56H42N6O4P2. The van der Waals surface area contributed by atoms with Crippen molar-refractivity contribution in [3.63, 3.8) is 0 Å². The van der Waals surface area contributed by atoms with Crippen LogP contribution in [0.4, 0.5) is 23.3 Å². The Morgan fingerprint density at radius 1 is 0.265 bits per heavy atom. The van der Waals surface area contributed by atoms with Crippen molar-refractivity contribution in [3.05, 3.63) is 253 Å². The van der Waals surface area contributed by atoms with Gasteiger partial charge in [0, 0.05) is 22.3 Å². The van der Waals surface area contributed by atoms with Crippen LogP contribution >= 0.6 is 15.8 Å². The molecule has 7 aromatic carbocycles. The van der Waals surface area contributed by atoms with Crippen molar-refractivity contribution in [2.75, 3.05) is 21.3 Å². The monoisotopic (exact) mass is 924 g/mol. The van der Waals surface area contributed by atoms with Crippen LogP contribution in [0.15, 0.2) is 231 Å². The highest BCUT2D eigenvalue weighted by atomic mass is 31.1. The van der Waals surface area contributed by atoms with E-state index in [1.165, 1.54) is 27.3 Å². The number of carbonyl (C=O) groups excluding carboxylic acids is 4. The second-order valence-corrected chi connectivity index (χ2v) is 19.8. The molecule has 9 aromatic rings. The van der Waals surface area contributed by atoms with Crippen LogP contribution in [0.5, 0.6) is 0 Å². The zero-order valence-corrected chi connectivity index (χ0v) is 38.2. The molecule has 9 rings (SSSR count). The molecule has 10 nitrogen and oxygen atoms in total. The van der Waals surface area contributed by atoms with Gasteiger partial charge in [-0.05, 0) is 114 Å². The van der Waals surface area contributed by atoms with Crippen LogP contribution in [0.1, 0.15) is 41.4 Å². The number of rotatable bonds is 14. The molecule has 0 aliphatic carbocycles. The fourth-order valence-electron chi connectivity index (χ4n) is 7.43. The van der Waals surface area contributed by atoms with Gasteiger partial charge in [0.2, 0.25) is 0 Å². The number of pyridine rings is 2. The lowest BCUT2D eigenvalue weighted by molar-refractivity contribution is 0.101. The topological polar surface area (TPSA) is 142 Å². The third-order valence-corrected chi connectivity index (χ3v) is 15.6. The van der Waals surface area contributed by atoms with Gasteiger partial charge in [0.05, 0.1) is 0 Å². The number of nitrogens with zero attached hydrogens (tertiary/aromatic N) is 2. The van der Waals surface area contributed by atoms with Gasteiger partial charge in [-0.3, -0.25) is 19.2 Å². The Balaban J connectivity index is 0.805. The Morgan fingerprint density at radius 2 is 0.515 bits per heavy atom. The highest BCUT2D eigenvalue weighted by Gasteiger charge is 2.20. The Hall–Kier alpha value is -8.42. The van der Waals surface area contributed by atoms with Crippen molar-refractivity contribution in [1.82, 2.24) is 9.97 Å². The largest absolute Gasteiger partial charge is 0.306 e. The van der Waals surface area contributed by atoms with Crippen LogP contribution < -0.4 is 53.1 Å². The quantitative estimate of drug-likeness (QED) is 0.0803. The minimum Gasteiger partial charge on any atom is -0.306 e. The fourth-order valence-corrected chi connectivity index (χ4v) is 12.0. The molecule has 12 heteroatoms. The van der Waals surface area contributed by atoms with Gasteiger partial charge in [0.15, 0.2) is 0 Å². The minimum absolute atomic E-state index is 0.206. The van der Waals surface area contributed by atoms with Crippen molar-refractivity contribution in [2.24, 2.45) is 0 Å². The summed E-state index contributed by atoms with van der Waals surface area (Å²) < 4.78 is 0. The molecule has 0 aliphatic heterocycles. The first-order chi connectivity index (χ1) is 33.3. The van der Waals surface area contributed by atoms with Gasteiger partial charge in [0.1, 0.15) is 23.3 Å². The first-order valence-electron chi connectivity index (χ1n) is 21.6. The third-order valence-electron chi connectivity index (χ3n) is 10.7. The van der Waals surface area contributed by atoms with Gasteiger partial charge in [-0.2, -0.15) is 0 Å². The second-order valence-electron chi connectivity index (χ2n) is 15.3. The van der Waals surface area contributed by atoms with Gasteiger partial charge in [-0.1, -0.05) is 164 Å².